The number of amides is 2. The van der Waals surface area contributed by atoms with Gasteiger partial charge in [0.15, 0.2) is 0 Å². The number of hydrogen-bond acceptors (Lipinski definition) is 3. The predicted octanol–water partition coefficient (Wildman–Crippen LogP) is 3.12. The van der Waals surface area contributed by atoms with E-state index in [9.17, 15) is 9.90 Å². The second-order valence-electron chi connectivity index (χ2n) is 7.36. The Kier molecular flexibility index (Phi) is 6.66. The highest BCUT2D eigenvalue weighted by Gasteiger charge is 2.26. The zero-order valence-electron chi connectivity index (χ0n) is 15.5. The highest BCUT2D eigenvalue weighted by molar-refractivity contribution is 5.89. The molecule has 2 atom stereocenters. The lowest BCUT2D eigenvalue weighted by Gasteiger charge is -2.31. The van der Waals surface area contributed by atoms with Gasteiger partial charge in [-0.05, 0) is 25.2 Å². The van der Waals surface area contributed by atoms with Gasteiger partial charge in [-0.1, -0.05) is 33.6 Å². The maximum atomic E-state index is 12.5. The summed E-state index contributed by atoms with van der Waals surface area (Å²) in [5.74, 6) is 0.693. The molecule has 0 aromatic carbocycles. The predicted molar refractivity (Wildman–Crippen MR) is 96.1 cm³/mol. The van der Waals surface area contributed by atoms with Crippen LogP contribution >= 0.6 is 0 Å². The van der Waals surface area contributed by atoms with E-state index in [1.807, 2.05) is 4.68 Å². The van der Waals surface area contributed by atoms with Crippen LogP contribution < -0.4 is 5.32 Å². The van der Waals surface area contributed by atoms with Gasteiger partial charge in [-0.2, -0.15) is 5.10 Å². The molecule has 1 heterocycles. The van der Waals surface area contributed by atoms with E-state index in [2.05, 4.69) is 31.2 Å². The molecule has 0 spiro atoms. The number of aliphatic hydroxyl groups is 1. The topological polar surface area (TPSA) is 70.4 Å². The van der Waals surface area contributed by atoms with Gasteiger partial charge in [0, 0.05) is 26.1 Å². The second kappa shape index (κ2) is 8.51. The Morgan fingerprint density at radius 3 is 2.79 bits per heavy atom. The lowest BCUT2D eigenvalue weighted by atomic mass is 9.86. The number of nitrogens with one attached hydrogen (secondary N) is 1. The average molecular weight is 336 g/mol. The fraction of sp³-hybridized carbons (Fsp3) is 0.778. The Bertz CT molecular complexity index is 541. The summed E-state index contributed by atoms with van der Waals surface area (Å²) in [4.78, 5) is 14.2. The van der Waals surface area contributed by atoms with Gasteiger partial charge in [-0.3, -0.25) is 4.68 Å². The van der Waals surface area contributed by atoms with Gasteiger partial charge in [0.1, 0.15) is 0 Å². The normalized spacial score (nSPS) is 21.1. The van der Waals surface area contributed by atoms with Crippen molar-refractivity contribution in [3.8, 4) is 0 Å². The SMILES string of the molecule is CCc1c(NC(=O)N(C)C[C@H]2CCCC[C@@H]2O)cnn1CC(C)C. The standard InChI is InChI=1S/C18H32N4O2/c1-5-16-15(10-19-22(16)11-13(2)3)20-18(24)21(4)12-14-8-6-7-9-17(14)23/h10,13-14,17,23H,5-9,11-12H2,1-4H3,(H,20,24)/t14-,17+/m1/s1. The third kappa shape index (κ3) is 4.72. The van der Waals surface area contributed by atoms with Crippen LogP contribution in [0.3, 0.4) is 0 Å². The molecule has 2 N–H and O–H groups in total. The number of rotatable bonds is 6. The minimum atomic E-state index is -0.283. The summed E-state index contributed by atoms with van der Waals surface area (Å²) >= 11 is 0. The fourth-order valence-electron chi connectivity index (χ4n) is 3.44. The second-order valence-corrected chi connectivity index (χ2v) is 7.36. The van der Waals surface area contributed by atoms with Crippen molar-refractivity contribution in [2.24, 2.45) is 11.8 Å². The van der Waals surface area contributed by atoms with Gasteiger partial charge in [0.2, 0.25) is 0 Å². The summed E-state index contributed by atoms with van der Waals surface area (Å²) in [6.45, 7) is 7.83. The van der Waals surface area contributed by atoms with Crippen molar-refractivity contribution in [2.75, 3.05) is 18.9 Å². The number of anilines is 1. The van der Waals surface area contributed by atoms with Gasteiger partial charge in [-0.15, -0.1) is 0 Å². The average Bonchev–Trinajstić information content (AvgIpc) is 2.90. The molecular weight excluding hydrogens is 304 g/mol. The molecule has 1 aliphatic carbocycles. The van der Waals surface area contributed by atoms with Gasteiger partial charge >= 0.3 is 6.03 Å². The molecule has 0 unspecified atom stereocenters. The first kappa shape index (κ1) is 18.8. The van der Waals surface area contributed by atoms with Crippen LogP contribution in [0, 0.1) is 11.8 Å². The van der Waals surface area contributed by atoms with E-state index in [-0.39, 0.29) is 18.1 Å². The summed E-state index contributed by atoms with van der Waals surface area (Å²) in [5, 5.41) is 17.5. The molecule has 6 nitrogen and oxygen atoms in total. The largest absolute Gasteiger partial charge is 0.393 e. The third-order valence-corrected chi connectivity index (χ3v) is 4.79. The molecule has 1 fully saturated rings. The lowest BCUT2D eigenvalue weighted by Crippen LogP contribution is -2.40. The van der Waals surface area contributed by atoms with E-state index in [0.29, 0.717) is 12.5 Å². The zero-order chi connectivity index (χ0) is 17.7. The number of carbonyl (C=O) groups excluding carboxylic acids is 1. The number of aliphatic hydroxyl groups excluding tert-OH is 1. The minimum absolute atomic E-state index is 0.133. The molecule has 1 aromatic rings. The van der Waals surface area contributed by atoms with Crippen molar-refractivity contribution in [3.63, 3.8) is 0 Å². The quantitative estimate of drug-likeness (QED) is 0.838. The van der Waals surface area contributed by atoms with Crippen LogP contribution in [0.2, 0.25) is 0 Å². The van der Waals surface area contributed by atoms with E-state index in [1.54, 1.807) is 18.1 Å². The van der Waals surface area contributed by atoms with Crippen molar-refractivity contribution >= 4 is 11.7 Å². The molecule has 1 saturated carbocycles. The summed E-state index contributed by atoms with van der Waals surface area (Å²) in [6, 6.07) is -0.133. The molecule has 24 heavy (non-hydrogen) atoms. The molecule has 0 aliphatic heterocycles. The molecule has 0 radical (unpaired) electrons. The van der Waals surface area contributed by atoms with Crippen LogP contribution in [-0.4, -0.2) is 45.5 Å². The van der Waals surface area contributed by atoms with Crippen molar-refractivity contribution in [1.82, 2.24) is 14.7 Å². The molecule has 6 heteroatoms. The Hall–Kier alpha value is -1.56. The highest BCUT2D eigenvalue weighted by atomic mass is 16.3. The summed E-state index contributed by atoms with van der Waals surface area (Å²) < 4.78 is 1.98. The van der Waals surface area contributed by atoms with Crippen LogP contribution in [0.15, 0.2) is 6.20 Å². The van der Waals surface area contributed by atoms with Gasteiger partial charge in [0.05, 0.1) is 23.7 Å². The molecule has 1 aliphatic rings. The lowest BCUT2D eigenvalue weighted by molar-refractivity contribution is 0.0575. The van der Waals surface area contributed by atoms with E-state index in [4.69, 9.17) is 0 Å². The van der Waals surface area contributed by atoms with Crippen LogP contribution in [0.5, 0.6) is 0 Å². The Morgan fingerprint density at radius 2 is 2.17 bits per heavy atom. The Labute approximate surface area is 145 Å². The minimum Gasteiger partial charge on any atom is -0.393 e. The Balaban J connectivity index is 1.97. The van der Waals surface area contributed by atoms with Crippen molar-refractivity contribution in [3.05, 3.63) is 11.9 Å². The van der Waals surface area contributed by atoms with E-state index in [1.165, 1.54) is 0 Å². The number of urea groups is 1. The number of aromatic nitrogens is 2. The third-order valence-electron chi connectivity index (χ3n) is 4.79. The van der Waals surface area contributed by atoms with E-state index < -0.39 is 0 Å². The molecule has 1 aromatic heterocycles. The van der Waals surface area contributed by atoms with Crippen LogP contribution in [0.4, 0.5) is 10.5 Å². The maximum absolute atomic E-state index is 12.5. The molecule has 136 valence electrons. The van der Waals surface area contributed by atoms with Gasteiger partial charge in [0.25, 0.3) is 0 Å². The van der Waals surface area contributed by atoms with Crippen LogP contribution in [0.1, 0.15) is 52.1 Å². The Morgan fingerprint density at radius 1 is 1.46 bits per heavy atom. The summed E-state index contributed by atoms with van der Waals surface area (Å²) in [6.07, 6.45) is 6.35. The molecule has 2 rings (SSSR count). The molecule has 0 saturated heterocycles. The zero-order valence-corrected chi connectivity index (χ0v) is 15.5. The number of hydrogen-bond donors (Lipinski definition) is 2. The van der Waals surface area contributed by atoms with E-state index in [0.717, 1.165) is 50.0 Å². The number of nitrogens with zero attached hydrogens (tertiary/aromatic N) is 3. The maximum Gasteiger partial charge on any atom is 0.321 e. The van der Waals surface area contributed by atoms with Crippen LogP contribution in [-0.2, 0) is 13.0 Å². The van der Waals surface area contributed by atoms with Crippen LogP contribution in [0.25, 0.3) is 0 Å². The van der Waals surface area contributed by atoms with Gasteiger partial charge in [-0.25, -0.2) is 4.79 Å². The van der Waals surface area contributed by atoms with Crippen molar-refractivity contribution in [2.45, 2.75) is 65.5 Å². The first-order chi connectivity index (χ1) is 11.4. The number of carbonyl (C=O) groups is 1. The summed E-state index contributed by atoms with van der Waals surface area (Å²) in [5.41, 5.74) is 1.85. The smallest absolute Gasteiger partial charge is 0.321 e. The van der Waals surface area contributed by atoms with E-state index >= 15 is 0 Å². The monoisotopic (exact) mass is 336 g/mol. The van der Waals surface area contributed by atoms with Crippen molar-refractivity contribution < 1.29 is 9.90 Å². The van der Waals surface area contributed by atoms with Gasteiger partial charge < -0.3 is 15.3 Å². The van der Waals surface area contributed by atoms with Crippen molar-refractivity contribution in [1.29, 1.82) is 0 Å². The highest BCUT2D eigenvalue weighted by Crippen LogP contribution is 2.25. The fourth-order valence-corrected chi connectivity index (χ4v) is 3.44. The molecule has 0 bridgehead atoms. The first-order valence-electron chi connectivity index (χ1n) is 9.17. The molecular formula is C18H32N4O2. The molecule has 2 amide bonds. The first-order valence-corrected chi connectivity index (χ1v) is 9.17. The summed E-state index contributed by atoms with van der Waals surface area (Å²) in [7, 11) is 1.79.